The lowest BCUT2D eigenvalue weighted by atomic mass is 9.96. The fourth-order valence-corrected chi connectivity index (χ4v) is 3.74. The van der Waals surface area contributed by atoms with Crippen LogP contribution >= 0.6 is 0 Å². The van der Waals surface area contributed by atoms with Crippen molar-refractivity contribution in [1.29, 1.82) is 0 Å². The van der Waals surface area contributed by atoms with Crippen molar-refractivity contribution in [2.24, 2.45) is 16.5 Å². The fourth-order valence-electron chi connectivity index (χ4n) is 3.74. The first kappa shape index (κ1) is 22.0. The predicted octanol–water partition coefficient (Wildman–Crippen LogP) is 4.98. The number of guanidine groups is 1. The molecule has 0 fully saturated rings. The second-order valence-electron chi connectivity index (χ2n) is 7.74. The number of para-hydroxylation sites is 1. The van der Waals surface area contributed by atoms with Gasteiger partial charge in [0.15, 0.2) is 17.5 Å². The molecule has 5 rings (SSSR count). The van der Waals surface area contributed by atoms with Crippen molar-refractivity contribution >= 4 is 17.5 Å². The summed E-state index contributed by atoms with van der Waals surface area (Å²) in [5.74, 6) is 1.23. The van der Waals surface area contributed by atoms with Gasteiger partial charge in [-0.25, -0.2) is 0 Å². The lowest BCUT2D eigenvalue weighted by Crippen LogP contribution is -2.22. The zero-order chi connectivity index (χ0) is 24.0. The van der Waals surface area contributed by atoms with E-state index in [1.54, 1.807) is 6.07 Å². The molecule has 172 valence electrons. The minimum atomic E-state index is 0.198. The zero-order valence-corrected chi connectivity index (χ0v) is 18.8. The van der Waals surface area contributed by atoms with Gasteiger partial charge in [-0.2, -0.15) is 4.99 Å². The minimum absolute atomic E-state index is 0.198. The Morgan fingerprint density at radius 2 is 1.49 bits per heavy atom. The number of nitrogens with two attached hydrogens (primary N) is 2. The van der Waals surface area contributed by atoms with Gasteiger partial charge in [0, 0.05) is 28.4 Å². The third-order valence-corrected chi connectivity index (χ3v) is 5.40. The summed E-state index contributed by atoms with van der Waals surface area (Å²) in [5, 5.41) is 15.8. The van der Waals surface area contributed by atoms with Crippen LogP contribution in [0.4, 0.5) is 11.5 Å². The van der Waals surface area contributed by atoms with Crippen LogP contribution in [0.25, 0.3) is 33.6 Å². The molecular weight excluding hydrogens is 438 g/mol. The molecule has 0 saturated carbocycles. The van der Waals surface area contributed by atoms with Crippen LogP contribution in [-0.2, 0) is 6.54 Å². The standard InChI is InChI=1S/C27H23N7O/c28-17-19-16-25(34-35-19)22-12-5-4-10-20(22)21-11-6-7-13-24(21)30-27(29)31-26-15-14-23(32-33-26)18-8-2-1-3-9-18/h1-16H,17,28H2,(H3,29,30,31,33). The highest BCUT2D eigenvalue weighted by Gasteiger charge is 2.14. The van der Waals surface area contributed by atoms with Crippen LogP contribution in [0.2, 0.25) is 0 Å². The highest BCUT2D eigenvalue weighted by atomic mass is 16.5. The van der Waals surface area contributed by atoms with Gasteiger partial charge in [-0.3, -0.25) is 0 Å². The molecule has 0 unspecified atom stereocenters. The number of aliphatic imine (C=N–C) groups is 1. The molecule has 5 N–H and O–H groups in total. The third kappa shape index (κ3) is 4.92. The highest BCUT2D eigenvalue weighted by molar-refractivity contribution is 5.99. The maximum Gasteiger partial charge on any atom is 0.199 e. The van der Waals surface area contributed by atoms with E-state index in [0.717, 1.165) is 33.6 Å². The molecule has 0 bridgehead atoms. The molecule has 35 heavy (non-hydrogen) atoms. The van der Waals surface area contributed by atoms with Crippen LogP contribution in [0.15, 0.2) is 107 Å². The van der Waals surface area contributed by atoms with Crippen molar-refractivity contribution < 1.29 is 4.52 Å². The van der Waals surface area contributed by atoms with E-state index in [-0.39, 0.29) is 12.5 Å². The summed E-state index contributed by atoms with van der Waals surface area (Å²) in [6.07, 6.45) is 0. The summed E-state index contributed by atoms with van der Waals surface area (Å²) in [6.45, 7) is 0.287. The van der Waals surface area contributed by atoms with Crippen molar-refractivity contribution in [2.75, 3.05) is 5.32 Å². The predicted molar refractivity (Wildman–Crippen MR) is 138 cm³/mol. The third-order valence-electron chi connectivity index (χ3n) is 5.40. The number of aromatic nitrogens is 3. The van der Waals surface area contributed by atoms with Crippen molar-refractivity contribution in [3.05, 3.63) is 103 Å². The average Bonchev–Trinajstić information content (AvgIpc) is 3.39. The molecule has 0 amide bonds. The quantitative estimate of drug-likeness (QED) is 0.240. The van der Waals surface area contributed by atoms with Crippen LogP contribution in [0.3, 0.4) is 0 Å². The second-order valence-corrected chi connectivity index (χ2v) is 7.74. The molecule has 0 aliphatic rings. The van der Waals surface area contributed by atoms with E-state index in [0.29, 0.717) is 17.3 Å². The highest BCUT2D eigenvalue weighted by Crippen LogP contribution is 2.35. The number of benzene rings is 3. The molecule has 3 aromatic carbocycles. The maximum atomic E-state index is 6.23. The summed E-state index contributed by atoms with van der Waals surface area (Å²) in [6, 6.07) is 31.1. The lowest BCUT2D eigenvalue weighted by Gasteiger charge is -2.14. The van der Waals surface area contributed by atoms with Gasteiger partial charge in [0.05, 0.1) is 12.2 Å². The molecule has 0 saturated heterocycles. The molecule has 0 aliphatic heterocycles. The van der Waals surface area contributed by atoms with Crippen molar-refractivity contribution in [1.82, 2.24) is 15.4 Å². The van der Waals surface area contributed by atoms with Crippen molar-refractivity contribution in [3.8, 4) is 33.6 Å². The number of anilines is 1. The first-order valence-corrected chi connectivity index (χ1v) is 11.1. The summed E-state index contributed by atoms with van der Waals surface area (Å²) in [5.41, 5.74) is 18.0. The number of nitrogens with one attached hydrogen (secondary N) is 1. The summed E-state index contributed by atoms with van der Waals surface area (Å²) >= 11 is 0. The molecule has 8 heteroatoms. The van der Waals surface area contributed by atoms with E-state index in [2.05, 4.69) is 25.7 Å². The molecule has 0 spiro atoms. The van der Waals surface area contributed by atoms with Gasteiger partial charge < -0.3 is 21.3 Å². The van der Waals surface area contributed by atoms with E-state index in [9.17, 15) is 0 Å². The van der Waals surface area contributed by atoms with Gasteiger partial charge >= 0.3 is 0 Å². The van der Waals surface area contributed by atoms with E-state index in [4.69, 9.17) is 16.0 Å². The molecule has 8 nitrogen and oxygen atoms in total. The largest absolute Gasteiger partial charge is 0.369 e. The Bertz CT molecular complexity index is 1460. The van der Waals surface area contributed by atoms with Crippen LogP contribution in [0.1, 0.15) is 5.76 Å². The minimum Gasteiger partial charge on any atom is -0.369 e. The molecule has 0 aliphatic carbocycles. The Balaban J connectivity index is 1.42. The number of nitrogens with zero attached hydrogens (tertiary/aromatic N) is 4. The van der Waals surface area contributed by atoms with E-state index >= 15 is 0 Å². The monoisotopic (exact) mass is 461 g/mol. The first-order chi connectivity index (χ1) is 17.2. The van der Waals surface area contributed by atoms with Gasteiger partial charge in [0.25, 0.3) is 0 Å². The average molecular weight is 462 g/mol. The van der Waals surface area contributed by atoms with Crippen LogP contribution < -0.4 is 16.8 Å². The molecule has 0 atom stereocenters. The number of hydrogen-bond donors (Lipinski definition) is 3. The van der Waals surface area contributed by atoms with Crippen LogP contribution in [0.5, 0.6) is 0 Å². The summed E-state index contributed by atoms with van der Waals surface area (Å²) < 4.78 is 5.31. The molecule has 0 radical (unpaired) electrons. The topological polar surface area (TPSA) is 128 Å². The number of rotatable bonds is 6. The Kier molecular flexibility index (Phi) is 6.27. The Hall–Kier alpha value is -4.82. The summed E-state index contributed by atoms with van der Waals surface area (Å²) in [4.78, 5) is 4.39. The SMILES string of the molecule is NCc1cc(-c2ccccc2-c2ccccc2NC(N)=Nc2ccc(-c3ccccc3)nn2)no1. The maximum absolute atomic E-state index is 6.23. The van der Waals surface area contributed by atoms with E-state index in [1.807, 2.05) is 91.0 Å². The molecule has 2 aromatic heterocycles. The van der Waals surface area contributed by atoms with Gasteiger partial charge in [0.2, 0.25) is 0 Å². The Morgan fingerprint density at radius 1 is 0.771 bits per heavy atom. The van der Waals surface area contributed by atoms with E-state index < -0.39 is 0 Å². The van der Waals surface area contributed by atoms with Crippen molar-refractivity contribution in [3.63, 3.8) is 0 Å². The summed E-state index contributed by atoms with van der Waals surface area (Å²) in [7, 11) is 0. The second kappa shape index (κ2) is 9.98. The van der Waals surface area contributed by atoms with Crippen molar-refractivity contribution in [2.45, 2.75) is 6.54 Å². The van der Waals surface area contributed by atoms with E-state index in [1.165, 1.54) is 0 Å². The normalized spacial score (nSPS) is 11.4. The first-order valence-electron chi connectivity index (χ1n) is 11.1. The van der Waals surface area contributed by atoms with Gasteiger partial charge in [-0.1, -0.05) is 78.0 Å². The molecule has 5 aromatic rings. The smallest absolute Gasteiger partial charge is 0.199 e. The lowest BCUT2D eigenvalue weighted by molar-refractivity contribution is 0.387. The van der Waals surface area contributed by atoms with Gasteiger partial charge in [-0.15, -0.1) is 10.2 Å². The fraction of sp³-hybridized carbons (Fsp3) is 0.0370. The van der Waals surface area contributed by atoms with Gasteiger partial charge in [-0.05, 0) is 23.8 Å². The molecule has 2 heterocycles. The molecular formula is C27H23N7O. The van der Waals surface area contributed by atoms with Gasteiger partial charge in [0.1, 0.15) is 5.69 Å². The van der Waals surface area contributed by atoms with Crippen LogP contribution in [-0.4, -0.2) is 21.3 Å². The Morgan fingerprint density at radius 3 is 2.20 bits per heavy atom. The number of hydrogen-bond acceptors (Lipinski definition) is 6. The zero-order valence-electron chi connectivity index (χ0n) is 18.8. The van der Waals surface area contributed by atoms with Crippen LogP contribution in [0, 0.1) is 0 Å². The Labute approximate surface area is 202 Å².